The Kier molecular flexibility index (Phi) is 6.01. The number of aromatic carboxylic acids is 1. The lowest BCUT2D eigenvalue weighted by molar-refractivity contribution is 0.0697. The molecule has 7 nitrogen and oxygen atoms in total. The van der Waals surface area contributed by atoms with E-state index in [4.69, 9.17) is 0 Å². The van der Waals surface area contributed by atoms with E-state index in [9.17, 15) is 18.3 Å². The van der Waals surface area contributed by atoms with E-state index in [1.807, 2.05) is 30.3 Å². The van der Waals surface area contributed by atoms with Crippen LogP contribution in [0.2, 0.25) is 0 Å². The fraction of sp³-hybridized carbons (Fsp3) is 0.111. The highest BCUT2D eigenvalue weighted by Crippen LogP contribution is 2.29. The van der Waals surface area contributed by atoms with Crippen molar-refractivity contribution in [1.29, 1.82) is 0 Å². The SMILES string of the molecule is CN(Cc1ccccc1)c1ncc(NS(=O)(=O)c2ccc(Br)s2)cc1C(=O)O. The molecule has 0 spiro atoms. The summed E-state index contributed by atoms with van der Waals surface area (Å²) in [7, 11) is -2.09. The summed E-state index contributed by atoms with van der Waals surface area (Å²) in [5.41, 5.74) is 0.987. The second-order valence-electron chi connectivity index (χ2n) is 5.91. The number of carboxylic acid groups (broad SMARTS) is 1. The lowest BCUT2D eigenvalue weighted by atomic mass is 10.2. The van der Waals surface area contributed by atoms with E-state index in [0.29, 0.717) is 10.3 Å². The third-order valence-corrected chi connectivity index (χ3v) is 7.28. The van der Waals surface area contributed by atoms with Crippen molar-refractivity contribution in [2.45, 2.75) is 10.8 Å². The van der Waals surface area contributed by atoms with Gasteiger partial charge in [0.25, 0.3) is 10.0 Å². The molecule has 3 rings (SSSR count). The van der Waals surface area contributed by atoms with E-state index in [1.165, 1.54) is 18.3 Å². The van der Waals surface area contributed by atoms with Crippen molar-refractivity contribution in [3.63, 3.8) is 0 Å². The second-order valence-corrected chi connectivity index (χ2v) is 10.3. The first-order chi connectivity index (χ1) is 13.3. The lowest BCUT2D eigenvalue weighted by Crippen LogP contribution is -2.21. The van der Waals surface area contributed by atoms with Gasteiger partial charge in [0.2, 0.25) is 0 Å². The molecule has 0 aliphatic rings. The number of hydrogen-bond donors (Lipinski definition) is 2. The van der Waals surface area contributed by atoms with Gasteiger partial charge in [0.05, 0.1) is 15.7 Å². The number of nitrogens with one attached hydrogen (secondary N) is 1. The Morgan fingerprint density at radius 2 is 1.96 bits per heavy atom. The van der Waals surface area contributed by atoms with E-state index in [-0.39, 0.29) is 21.3 Å². The molecule has 0 fully saturated rings. The van der Waals surface area contributed by atoms with Crippen LogP contribution < -0.4 is 9.62 Å². The Bertz CT molecular complexity index is 1100. The zero-order valence-electron chi connectivity index (χ0n) is 14.7. The van der Waals surface area contributed by atoms with Gasteiger partial charge in [-0.3, -0.25) is 4.72 Å². The number of aromatic nitrogens is 1. The van der Waals surface area contributed by atoms with Crippen molar-refractivity contribution in [2.75, 3.05) is 16.7 Å². The molecule has 146 valence electrons. The molecule has 0 atom stereocenters. The Morgan fingerprint density at radius 1 is 1.25 bits per heavy atom. The van der Waals surface area contributed by atoms with Gasteiger partial charge >= 0.3 is 5.97 Å². The van der Waals surface area contributed by atoms with Crippen LogP contribution in [0.4, 0.5) is 11.5 Å². The maximum atomic E-state index is 12.4. The molecule has 1 aromatic carbocycles. The first-order valence-electron chi connectivity index (χ1n) is 8.03. The van der Waals surface area contributed by atoms with Gasteiger partial charge in [-0.25, -0.2) is 18.2 Å². The van der Waals surface area contributed by atoms with Crippen molar-refractivity contribution in [3.05, 3.63) is 69.6 Å². The van der Waals surface area contributed by atoms with Crippen LogP contribution in [-0.2, 0) is 16.6 Å². The predicted molar refractivity (Wildman–Crippen MR) is 113 cm³/mol. The normalized spacial score (nSPS) is 11.2. The fourth-order valence-corrected chi connectivity index (χ4v) is 5.60. The highest BCUT2D eigenvalue weighted by molar-refractivity contribution is 9.11. The molecule has 0 amide bonds. The summed E-state index contributed by atoms with van der Waals surface area (Å²) in [6.07, 6.45) is 1.31. The molecule has 0 aliphatic carbocycles. The van der Waals surface area contributed by atoms with Gasteiger partial charge in [-0.05, 0) is 39.7 Å². The van der Waals surface area contributed by atoms with E-state index >= 15 is 0 Å². The van der Waals surface area contributed by atoms with Crippen LogP contribution in [0.3, 0.4) is 0 Å². The van der Waals surface area contributed by atoms with Crippen LogP contribution in [0.15, 0.2) is 62.7 Å². The van der Waals surface area contributed by atoms with Crippen LogP contribution in [0, 0.1) is 0 Å². The number of carbonyl (C=O) groups is 1. The molecule has 0 saturated heterocycles. The number of hydrogen-bond acceptors (Lipinski definition) is 6. The standard InChI is InChI=1S/C18H16BrN3O4S2/c1-22(11-12-5-3-2-4-6-12)17-14(18(23)24)9-13(10-20-17)21-28(25,26)16-8-7-15(19)27-16/h2-10,21H,11H2,1H3,(H,23,24). The third kappa shape index (κ3) is 4.70. The molecular formula is C18H16BrN3O4S2. The number of nitrogens with zero attached hydrogens (tertiary/aromatic N) is 2. The minimum absolute atomic E-state index is 0.0822. The molecule has 2 heterocycles. The zero-order chi connectivity index (χ0) is 20.3. The topological polar surface area (TPSA) is 99.6 Å². The van der Waals surface area contributed by atoms with Crippen LogP contribution in [0.25, 0.3) is 0 Å². The van der Waals surface area contributed by atoms with Gasteiger partial charge in [0.15, 0.2) is 0 Å². The molecule has 0 unspecified atom stereocenters. The summed E-state index contributed by atoms with van der Waals surface area (Å²) in [4.78, 5) is 17.6. The highest BCUT2D eigenvalue weighted by atomic mass is 79.9. The number of benzene rings is 1. The summed E-state index contributed by atoms with van der Waals surface area (Å²) in [6, 6.07) is 13.9. The van der Waals surface area contributed by atoms with Gasteiger partial charge < -0.3 is 10.0 Å². The number of anilines is 2. The smallest absolute Gasteiger partial charge is 0.339 e. The van der Waals surface area contributed by atoms with Crippen LogP contribution >= 0.6 is 27.3 Å². The van der Waals surface area contributed by atoms with Crippen molar-refractivity contribution in [2.24, 2.45) is 0 Å². The molecule has 2 aromatic heterocycles. The summed E-state index contributed by atoms with van der Waals surface area (Å²) in [5.74, 6) is -0.944. The Labute approximate surface area is 174 Å². The zero-order valence-corrected chi connectivity index (χ0v) is 17.9. The molecule has 0 saturated carbocycles. The van der Waals surface area contributed by atoms with E-state index in [1.54, 1.807) is 18.0 Å². The lowest BCUT2D eigenvalue weighted by Gasteiger charge is -2.20. The largest absolute Gasteiger partial charge is 0.478 e. The van der Waals surface area contributed by atoms with Crippen molar-refractivity contribution in [3.8, 4) is 0 Å². The number of carboxylic acids is 1. The monoisotopic (exact) mass is 481 g/mol. The number of sulfonamides is 1. The molecule has 0 aliphatic heterocycles. The fourth-order valence-electron chi connectivity index (χ4n) is 2.55. The minimum Gasteiger partial charge on any atom is -0.478 e. The Balaban J connectivity index is 1.88. The first-order valence-corrected chi connectivity index (χ1v) is 11.1. The number of rotatable bonds is 7. The van der Waals surface area contributed by atoms with Crippen molar-refractivity contribution in [1.82, 2.24) is 4.98 Å². The average Bonchev–Trinajstić information content (AvgIpc) is 3.09. The maximum Gasteiger partial charge on any atom is 0.339 e. The molecule has 0 radical (unpaired) electrons. The number of thiophene rings is 1. The second kappa shape index (κ2) is 8.29. The van der Waals surface area contributed by atoms with Gasteiger partial charge in [-0.1, -0.05) is 30.3 Å². The summed E-state index contributed by atoms with van der Waals surface area (Å²) < 4.78 is 28.1. The quantitative estimate of drug-likeness (QED) is 0.528. The summed E-state index contributed by atoms with van der Waals surface area (Å²) >= 11 is 4.28. The van der Waals surface area contributed by atoms with Gasteiger partial charge in [-0.2, -0.15) is 0 Å². The van der Waals surface area contributed by atoms with E-state index < -0.39 is 16.0 Å². The maximum absolute atomic E-state index is 12.4. The van der Waals surface area contributed by atoms with Crippen LogP contribution in [0.5, 0.6) is 0 Å². The molecule has 3 aromatic rings. The van der Waals surface area contributed by atoms with E-state index in [2.05, 4.69) is 25.6 Å². The van der Waals surface area contributed by atoms with Crippen molar-refractivity contribution < 1.29 is 18.3 Å². The first kappa shape index (κ1) is 20.3. The molecule has 0 bridgehead atoms. The number of pyridine rings is 1. The minimum atomic E-state index is -3.82. The number of halogens is 1. The molecule has 2 N–H and O–H groups in total. The van der Waals surface area contributed by atoms with Gasteiger partial charge in [-0.15, -0.1) is 11.3 Å². The van der Waals surface area contributed by atoms with Crippen molar-refractivity contribution >= 4 is 54.8 Å². The van der Waals surface area contributed by atoms with Gasteiger partial charge in [0, 0.05) is 13.6 Å². The van der Waals surface area contributed by atoms with Gasteiger partial charge in [0.1, 0.15) is 15.6 Å². The third-order valence-electron chi connectivity index (χ3n) is 3.79. The highest BCUT2D eigenvalue weighted by Gasteiger charge is 2.20. The Hall–Kier alpha value is -2.43. The molecular weight excluding hydrogens is 466 g/mol. The predicted octanol–water partition coefficient (Wildman–Crippen LogP) is 4.04. The van der Waals surface area contributed by atoms with Crippen LogP contribution in [-0.4, -0.2) is 31.5 Å². The average molecular weight is 482 g/mol. The summed E-state index contributed by atoms with van der Waals surface area (Å²) in [6.45, 7) is 0.461. The molecule has 10 heteroatoms. The molecule has 28 heavy (non-hydrogen) atoms. The Morgan fingerprint density at radius 3 is 2.57 bits per heavy atom. The van der Waals surface area contributed by atoms with E-state index in [0.717, 1.165) is 16.9 Å². The van der Waals surface area contributed by atoms with Crippen LogP contribution in [0.1, 0.15) is 15.9 Å². The summed E-state index contributed by atoms with van der Waals surface area (Å²) in [5, 5.41) is 9.58.